The number of thiazole rings is 1. The van der Waals surface area contributed by atoms with Crippen molar-refractivity contribution in [2.75, 3.05) is 18.0 Å². The van der Waals surface area contributed by atoms with Gasteiger partial charge in [-0.2, -0.15) is 0 Å². The molecule has 0 radical (unpaired) electrons. The fourth-order valence-electron chi connectivity index (χ4n) is 3.59. The van der Waals surface area contributed by atoms with Crippen molar-refractivity contribution in [1.82, 2.24) is 14.9 Å². The van der Waals surface area contributed by atoms with Crippen LogP contribution in [0.2, 0.25) is 0 Å². The van der Waals surface area contributed by atoms with E-state index in [0.29, 0.717) is 48.2 Å². The maximum absolute atomic E-state index is 13.2. The van der Waals surface area contributed by atoms with E-state index in [1.165, 1.54) is 23.5 Å². The molecule has 3 aromatic rings. The van der Waals surface area contributed by atoms with E-state index in [2.05, 4.69) is 9.97 Å². The molecule has 2 aromatic heterocycles. The van der Waals surface area contributed by atoms with Gasteiger partial charge in [-0.1, -0.05) is 29.5 Å². The molecule has 31 heavy (non-hydrogen) atoms. The fraction of sp³-hybridized carbons (Fsp3) is 0.304. The number of rotatable bonds is 7. The lowest BCUT2D eigenvalue weighted by Crippen LogP contribution is -2.49. The Morgan fingerprint density at radius 2 is 1.97 bits per heavy atom. The molecule has 8 heteroatoms. The summed E-state index contributed by atoms with van der Waals surface area (Å²) < 4.78 is 13.2. The summed E-state index contributed by atoms with van der Waals surface area (Å²) in [5, 5.41) is 0.552. The molecule has 0 N–H and O–H groups in total. The van der Waals surface area contributed by atoms with Gasteiger partial charge in [-0.3, -0.25) is 14.7 Å². The highest BCUT2D eigenvalue weighted by Gasteiger charge is 2.30. The van der Waals surface area contributed by atoms with Crippen molar-refractivity contribution < 1.29 is 14.0 Å². The van der Waals surface area contributed by atoms with Crippen LogP contribution in [0.15, 0.2) is 48.8 Å². The van der Waals surface area contributed by atoms with Gasteiger partial charge in [0.15, 0.2) is 10.9 Å². The topological polar surface area (TPSA) is 66.4 Å². The van der Waals surface area contributed by atoms with E-state index in [-0.39, 0.29) is 17.6 Å². The van der Waals surface area contributed by atoms with E-state index in [4.69, 9.17) is 0 Å². The van der Waals surface area contributed by atoms with E-state index >= 15 is 0 Å². The van der Waals surface area contributed by atoms with Gasteiger partial charge in [-0.15, -0.1) is 0 Å². The van der Waals surface area contributed by atoms with Crippen LogP contribution in [-0.4, -0.2) is 39.8 Å². The molecule has 0 atom stereocenters. The summed E-state index contributed by atoms with van der Waals surface area (Å²) in [5.74, 6) is -0.271. The number of pyridine rings is 1. The molecule has 3 heterocycles. The van der Waals surface area contributed by atoms with Crippen molar-refractivity contribution in [2.24, 2.45) is 0 Å². The van der Waals surface area contributed by atoms with Crippen molar-refractivity contribution in [3.05, 3.63) is 76.3 Å². The minimum Gasteiger partial charge on any atom is -0.320 e. The molecule has 6 nitrogen and oxygen atoms in total. The van der Waals surface area contributed by atoms with Crippen LogP contribution in [0.4, 0.5) is 14.3 Å². The maximum Gasteiger partial charge on any atom is 0.326 e. The van der Waals surface area contributed by atoms with Crippen LogP contribution in [0.1, 0.15) is 39.3 Å². The van der Waals surface area contributed by atoms with Crippen LogP contribution in [0.3, 0.4) is 0 Å². The van der Waals surface area contributed by atoms with Gasteiger partial charge < -0.3 is 4.90 Å². The second-order valence-corrected chi connectivity index (χ2v) is 8.51. The van der Waals surface area contributed by atoms with Crippen molar-refractivity contribution in [2.45, 2.75) is 32.7 Å². The van der Waals surface area contributed by atoms with Crippen LogP contribution < -0.4 is 4.90 Å². The molecule has 1 fully saturated rings. The van der Waals surface area contributed by atoms with Crippen molar-refractivity contribution >= 4 is 28.3 Å². The smallest absolute Gasteiger partial charge is 0.320 e. The predicted octanol–water partition coefficient (Wildman–Crippen LogP) is 4.63. The molecule has 160 valence electrons. The van der Waals surface area contributed by atoms with Gasteiger partial charge in [0.2, 0.25) is 0 Å². The minimum atomic E-state index is -0.297. The number of carbonyl (C=O) groups is 2. The van der Waals surface area contributed by atoms with E-state index in [0.717, 1.165) is 17.5 Å². The number of hydrogen-bond donors (Lipinski definition) is 0. The first-order chi connectivity index (χ1) is 15.0. The zero-order valence-corrected chi connectivity index (χ0v) is 18.1. The predicted molar refractivity (Wildman–Crippen MR) is 118 cm³/mol. The summed E-state index contributed by atoms with van der Waals surface area (Å²) in [6.45, 7) is 3.42. The van der Waals surface area contributed by atoms with Crippen LogP contribution >= 0.6 is 11.3 Å². The highest BCUT2D eigenvalue weighted by Crippen LogP contribution is 2.30. The minimum absolute atomic E-state index is 0.0257. The van der Waals surface area contributed by atoms with Crippen LogP contribution in [-0.2, 0) is 13.0 Å². The third-order valence-corrected chi connectivity index (χ3v) is 6.45. The zero-order chi connectivity index (χ0) is 21.8. The number of aromatic nitrogens is 2. The number of halogens is 1. The molecule has 0 spiro atoms. The Morgan fingerprint density at radius 1 is 1.16 bits per heavy atom. The van der Waals surface area contributed by atoms with E-state index in [9.17, 15) is 14.0 Å². The Bertz CT molecular complexity index is 1070. The summed E-state index contributed by atoms with van der Waals surface area (Å²) in [4.78, 5) is 38.4. The molecule has 0 bridgehead atoms. The van der Waals surface area contributed by atoms with Gasteiger partial charge in [0.1, 0.15) is 5.82 Å². The maximum atomic E-state index is 13.2. The lowest BCUT2D eigenvalue weighted by molar-refractivity contribution is 0.0986. The van der Waals surface area contributed by atoms with Gasteiger partial charge in [0, 0.05) is 38.4 Å². The van der Waals surface area contributed by atoms with Gasteiger partial charge in [0.05, 0.1) is 10.6 Å². The number of aryl methyl sites for hydroxylation is 2. The number of amides is 2. The first-order valence-electron chi connectivity index (χ1n) is 10.2. The molecule has 1 aromatic carbocycles. The number of ketones is 1. The second kappa shape index (κ2) is 9.34. The molecule has 0 unspecified atom stereocenters. The number of hydrogen-bond acceptors (Lipinski definition) is 5. The molecule has 1 aliphatic rings. The highest BCUT2D eigenvalue weighted by molar-refractivity contribution is 7.17. The number of nitrogens with zero attached hydrogens (tertiary/aromatic N) is 4. The zero-order valence-electron chi connectivity index (χ0n) is 17.3. The van der Waals surface area contributed by atoms with E-state index in [1.54, 1.807) is 34.3 Å². The quantitative estimate of drug-likeness (QED) is 0.505. The average molecular weight is 439 g/mol. The molecule has 0 aliphatic carbocycles. The average Bonchev–Trinajstić information content (AvgIpc) is 3.17. The number of carbonyl (C=O) groups excluding carboxylic acids is 2. The van der Waals surface area contributed by atoms with Gasteiger partial charge in [-0.05, 0) is 49.1 Å². The van der Waals surface area contributed by atoms with Crippen molar-refractivity contribution in [3.63, 3.8) is 0 Å². The Balaban J connectivity index is 1.44. The third-order valence-electron chi connectivity index (χ3n) is 5.23. The molecular weight excluding hydrogens is 415 g/mol. The Morgan fingerprint density at radius 3 is 2.71 bits per heavy atom. The van der Waals surface area contributed by atoms with Crippen LogP contribution in [0, 0.1) is 12.7 Å². The monoisotopic (exact) mass is 438 g/mol. The van der Waals surface area contributed by atoms with E-state index < -0.39 is 0 Å². The molecule has 1 aliphatic heterocycles. The summed E-state index contributed by atoms with van der Waals surface area (Å²) in [7, 11) is 0. The first kappa shape index (κ1) is 21.1. The third kappa shape index (κ3) is 4.96. The SMILES string of the molecule is Cc1nc(N2CCCN(Cc3ccc(F)cc3)C2=O)sc1C(=O)CCc1cccnc1. The molecule has 1 saturated heterocycles. The van der Waals surface area contributed by atoms with Crippen molar-refractivity contribution in [1.29, 1.82) is 0 Å². The highest BCUT2D eigenvalue weighted by atomic mass is 32.1. The number of Topliss-reactive ketones (excluding diaryl/α,β-unsaturated/α-hetero) is 1. The second-order valence-electron chi connectivity index (χ2n) is 7.53. The van der Waals surface area contributed by atoms with Gasteiger partial charge >= 0.3 is 6.03 Å². The number of benzene rings is 1. The summed E-state index contributed by atoms with van der Waals surface area (Å²) in [6.07, 6.45) is 5.27. The molecule has 0 saturated carbocycles. The lowest BCUT2D eigenvalue weighted by atomic mass is 10.1. The standard InChI is InChI=1S/C23H23FN4O2S/c1-16-21(20(29)10-7-17-4-2-11-25-14-17)31-22(26-16)28-13-3-12-27(23(28)30)15-18-5-8-19(24)9-6-18/h2,4-6,8-9,11,14H,3,7,10,12-13,15H2,1H3. The Labute approximate surface area is 184 Å². The fourth-order valence-corrected chi connectivity index (χ4v) is 4.64. The molecule has 4 rings (SSSR count). The van der Waals surface area contributed by atoms with Crippen LogP contribution in [0.25, 0.3) is 0 Å². The van der Waals surface area contributed by atoms with Gasteiger partial charge in [-0.25, -0.2) is 14.2 Å². The number of anilines is 1. The molecular formula is C23H23FN4O2S. The normalized spacial score (nSPS) is 14.2. The first-order valence-corrected chi connectivity index (χ1v) is 11.0. The number of urea groups is 1. The molecule has 2 amide bonds. The largest absolute Gasteiger partial charge is 0.326 e. The summed E-state index contributed by atoms with van der Waals surface area (Å²) in [6, 6.07) is 9.84. The Hall–Kier alpha value is -3.13. The summed E-state index contributed by atoms with van der Waals surface area (Å²) in [5.41, 5.74) is 2.54. The van der Waals surface area contributed by atoms with E-state index in [1.807, 2.05) is 19.1 Å². The lowest BCUT2D eigenvalue weighted by Gasteiger charge is -2.34. The summed E-state index contributed by atoms with van der Waals surface area (Å²) >= 11 is 1.28. The van der Waals surface area contributed by atoms with Gasteiger partial charge in [0.25, 0.3) is 0 Å². The van der Waals surface area contributed by atoms with Crippen molar-refractivity contribution in [3.8, 4) is 0 Å². The Kier molecular flexibility index (Phi) is 6.36. The van der Waals surface area contributed by atoms with Crippen LogP contribution in [0.5, 0.6) is 0 Å².